The zero-order valence-corrected chi connectivity index (χ0v) is 16.3. The molecule has 0 unspecified atom stereocenters. The number of ether oxygens (including phenoxy) is 2. The van der Waals surface area contributed by atoms with Gasteiger partial charge in [0.2, 0.25) is 11.5 Å². The molecule has 0 bridgehead atoms. The molecule has 0 saturated carbocycles. The summed E-state index contributed by atoms with van der Waals surface area (Å²) < 4.78 is 16.1. The maximum atomic E-state index is 12.7. The summed E-state index contributed by atoms with van der Waals surface area (Å²) in [5.74, 6) is 0.0897. The van der Waals surface area contributed by atoms with Crippen molar-refractivity contribution < 1.29 is 23.5 Å². The molecule has 5 nitrogen and oxygen atoms in total. The minimum atomic E-state index is -0.622. The third kappa shape index (κ3) is 3.76. The second kappa shape index (κ2) is 7.80. The van der Waals surface area contributed by atoms with Gasteiger partial charge in [0.05, 0.1) is 11.8 Å². The Bertz CT molecular complexity index is 1280. The molecule has 0 amide bonds. The summed E-state index contributed by atoms with van der Waals surface area (Å²) in [6.45, 7) is 0. The zero-order valence-electron chi connectivity index (χ0n) is 16.3. The Morgan fingerprint density at radius 1 is 0.839 bits per heavy atom. The smallest absolute Gasteiger partial charge is 0.379 e. The van der Waals surface area contributed by atoms with Gasteiger partial charge in [0, 0.05) is 6.07 Å². The van der Waals surface area contributed by atoms with Crippen molar-refractivity contribution in [2.75, 3.05) is 0 Å². The highest BCUT2D eigenvalue weighted by molar-refractivity contribution is 6.14. The standard InChI is InChI=1S/C26H16O5/c27-25-21-13-12-20(30-26(28)22-7-4-14-29-22)16-23(21)31-24(25)15-17-8-10-19(11-9-17)18-5-2-1-3-6-18/h1-16H. The van der Waals surface area contributed by atoms with Crippen LogP contribution in [0.1, 0.15) is 26.5 Å². The van der Waals surface area contributed by atoms with Crippen molar-refractivity contribution in [3.8, 4) is 22.6 Å². The fourth-order valence-electron chi connectivity index (χ4n) is 3.34. The molecule has 0 fully saturated rings. The van der Waals surface area contributed by atoms with Gasteiger partial charge in [-0.15, -0.1) is 0 Å². The lowest BCUT2D eigenvalue weighted by Crippen LogP contribution is -2.07. The minimum Gasteiger partial charge on any atom is -0.457 e. The van der Waals surface area contributed by atoms with E-state index >= 15 is 0 Å². The molecule has 0 N–H and O–H groups in total. The predicted octanol–water partition coefficient (Wildman–Crippen LogP) is 5.78. The van der Waals surface area contributed by atoms with Gasteiger partial charge in [-0.25, -0.2) is 4.79 Å². The van der Waals surface area contributed by atoms with Gasteiger partial charge in [0.15, 0.2) is 5.76 Å². The van der Waals surface area contributed by atoms with E-state index in [-0.39, 0.29) is 23.1 Å². The second-order valence-electron chi connectivity index (χ2n) is 6.95. The number of carbonyl (C=O) groups is 2. The topological polar surface area (TPSA) is 65.7 Å². The number of carbonyl (C=O) groups excluding carboxylic acids is 2. The Balaban J connectivity index is 1.34. The summed E-state index contributed by atoms with van der Waals surface area (Å²) in [5.41, 5.74) is 3.48. The fraction of sp³-hybridized carbons (Fsp3) is 0. The van der Waals surface area contributed by atoms with E-state index in [9.17, 15) is 9.59 Å². The Morgan fingerprint density at radius 3 is 2.35 bits per heavy atom. The number of furan rings is 1. The molecule has 0 radical (unpaired) electrons. The molecule has 0 saturated heterocycles. The van der Waals surface area contributed by atoms with Crippen LogP contribution in [0.2, 0.25) is 0 Å². The van der Waals surface area contributed by atoms with E-state index in [0.29, 0.717) is 11.3 Å². The number of benzene rings is 3. The Labute approximate surface area is 178 Å². The van der Waals surface area contributed by atoms with Crippen molar-refractivity contribution in [2.45, 2.75) is 0 Å². The molecular formula is C26H16O5. The molecule has 5 rings (SSSR count). The molecule has 150 valence electrons. The van der Waals surface area contributed by atoms with Crippen molar-refractivity contribution >= 4 is 17.8 Å². The highest BCUT2D eigenvalue weighted by atomic mass is 16.5. The van der Waals surface area contributed by atoms with Crippen molar-refractivity contribution in [2.24, 2.45) is 0 Å². The average Bonchev–Trinajstić information content (AvgIpc) is 3.44. The van der Waals surface area contributed by atoms with Gasteiger partial charge in [-0.05, 0) is 47.0 Å². The number of rotatable bonds is 4. The molecule has 4 aromatic rings. The highest BCUT2D eigenvalue weighted by Gasteiger charge is 2.28. The Kier molecular flexibility index (Phi) is 4.69. The lowest BCUT2D eigenvalue weighted by Gasteiger charge is -2.04. The number of allylic oxidation sites excluding steroid dienone is 1. The molecule has 3 aromatic carbocycles. The molecule has 5 heteroatoms. The molecule has 1 aliphatic heterocycles. The first kappa shape index (κ1) is 18.6. The van der Waals surface area contributed by atoms with Gasteiger partial charge >= 0.3 is 5.97 Å². The number of ketones is 1. The predicted molar refractivity (Wildman–Crippen MR) is 115 cm³/mol. The Hall–Kier alpha value is -4.38. The van der Waals surface area contributed by atoms with Crippen molar-refractivity contribution in [1.29, 1.82) is 0 Å². The van der Waals surface area contributed by atoms with E-state index in [1.165, 1.54) is 18.4 Å². The number of hydrogen-bond acceptors (Lipinski definition) is 5. The zero-order chi connectivity index (χ0) is 21.2. The number of fused-ring (bicyclic) bond motifs is 1. The molecule has 0 spiro atoms. The van der Waals surface area contributed by atoms with Gasteiger partial charge in [0.1, 0.15) is 11.5 Å². The summed E-state index contributed by atoms with van der Waals surface area (Å²) in [6.07, 6.45) is 3.09. The molecule has 0 atom stereocenters. The summed E-state index contributed by atoms with van der Waals surface area (Å²) in [5, 5.41) is 0. The molecule has 0 aliphatic carbocycles. The SMILES string of the molecule is O=C(Oc1ccc2c(c1)OC(=Cc1ccc(-c3ccccc3)cc1)C2=O)c1ccco1. The van der Waals surface area contributed by atoms with Crippen LogP contribution in [0.15, 0.2) is 101 Å². The molecule has 31 heavy (non-hydrogen) atoms. The van der Waals surface area contributed by atoms with Gasteiger partial charge in [0.25, 0.3) is 0 Å². The summed E-state index contributed by atoms with van der Waals surface area (Å²) in [4.78, 5) is 24.7. The minimum absolute atomic E-state index is 0.0945. The molecule has 2 heterocycles. The van der Waals surface area contributed by atoms with Crippen LogP contribution < -0.4 is 9.47 Å². The third-order valence-corrected chi connectivity index (χ3v) is 4.89. The van der Waals surface area contributed by atoms with Crippen LogP contribution in [0.5, 0.6) is 11.5 Å². The van der Waals surface area contributed by atoms with Gasteiger partial charge in [-0.2, -0.15) is 0 Å². The number of Topliss-reactive ketones (excluding diaryl/α,β-unsaturated/α-hetero) is 1. The lowest BCUT2D eigenvalue weighted by molar-refractivity contribution is 0.0701. The van der Waals surface area contributed by atoms with Crippen molar-refractivity contribution in [1.82, 2.24) is 0 Å². The first-order valence-corrected chi connectivity index (χ1v) is 9.67. The van der Waals surface area contributed by atoms with Crippen LogP contribution in [0, 0.1) is 0 Å². The molecular weight excluding hydrogens is 392 g/mol. The summed E-state index contributed by atoms with van der Waals surface area (Å²) >= 11 is 0. The van der Waals surface area contributed by atoms with E-state index in [4.69, 9.17) is 13.9 Å². The van der Waals surface area contributed by atoms with Crippen LogP contribution in [-0.2, 0) is 0 Å². The monoisotopic (exact) mass is 408 g/mol. The van der Waals surface area contributed by atoms with Gasteiger partial charge in [-0.3, -0.25) is 4.79 Å². The van der Waals surface area contributed by atoms with E-state index in [2.05, 4.69) is 0 Å². The second-order valence-corrected chi connectivity index (χ2v) is 6.95. The van der Waals surface area contributed by atoms with Crippen LogP contribution in [-0.4, -0.2) is 11.8 Å². The maximum Gasteiger partial charge on any atom is 0.379 e. The first-order chi connectivity index (χ1) is 15.2. The largest absolute Gasteiger partial charge is 0.457 e. The maximum absolute atomic E-state index is 12.7. The summed E-state index contributed by atoms with van der Waals surface area (Å²) in [7, 11) is 0. The average molecular weight is 408 g/mol. The first-order valence-electron chi connectivity index (χ1n) is 9.67. The van der Waals surface area contributed by atoms with E-state index < -0.39 is 5.97 Å². The van der Waals surface area contributed by atoms with E-state index in [0.717, 1.165) is 16.7 Å². The van der Waals surface area contributed by atoms with Crippen LogP contribution in [0.3, 0.4) is 0 Å². The number of hydrogen-bond donors (Lipinski definition) is 0. The lowest BCUT2D eigenvalue weighted by atomic mass is 10.0. The third-order valence-electron chi connectivity index (χ3n) is 4.89. The van der Waals surface area contributed by atoms with Crippen LogP contribution in [0.25, 0.3) is 17.2 Å². The van der Waals surface area contributed by atoms with E-state index in [1.54, 1.807) is 24.3 Å². The van der Waals surface area contributed by atoms with Crippen molar-refractivity contribution in [3.63, 3.8) is 0 Å². The molecule has 1 aromatic heterocycles. The number of esters is 1. The fourth-order valence-corrected chi connectivity index (χ4v) is 3.34. The summed E-state index contributed by atoms with van der Waals surface area (Å²) in [6, 6.07) is 25.7. The van der Waals surface area contributed by atoms with Crippen molar-refractivity contribution in [3.05, 3.63) is 114 Å². The van der Waals surface area contributed by atoms with Crippen LogP contribution >= 0.6 is 0 Å². The van der Waals surface area contributed by atoms with E-state index in [1.807, 2.05) is 54.6 Å². The normalized spacial score (nSPS) is 13.7. The van der Waals surface area contributed by atoms with Gasteiger partial charge < -0.3 is 13.9 Å². The van der Waals surface area contributed by atoms with Gasteiger partial charge in [-0.1, -0.05) is 54.6 Å². The van der Waals surface area contributed by atoms with Crippen LogP contribution in [0.4, 0.5) is 0 Å². The molecule has 1 aliphatic rings. The quantitative estimate of drug-likeness (QED) is 0.243. The Morgan fingerprint density at radius 2 is 1.61 bits per heavy atom. The highest BCUT2D eigenvalue weighted by Crippen LogP contribution is 2.35.